The summed E-state index contributed by atoms with van der Waals surface area (Å²) in [7, 11) is -1.02. The van der Waals surface area contributed by atoms with Crippen molar-refractivity contribution < 1.29 is 9.47 Å². The molecule has 0 saturated heterocycles. The highest BCUT2D eigenvalue weighted by Crippen LogP contribution is 2.59. The molecule has 0 spiro atoms. The number of allylic oxidation sites excluding steroid dienone is 4. The first-order valence-corrected chi connectivity index (χ1v) is 9.98. The molecule has 1 aromatic rings. The van der Waals surface area contributed by atoms with Crippen LogP contribution in [0.25, 0.3) is 0 Å². The summed E-state index contributed by atoms with van der Waals surface area (Å²) in [5.41, 5.74) is -1.31. The summed E-state index contributed by atoms with van der Waals surface area (Å²) < 4.78 is 12.6. The number of dihydropyridines is 2. The van der Waals surface area contributed by atoms with E-state index in [0.717, 1.165) is 0 Å². The van der Waals surface area contributed by atoms with Crippen molar-refractivity contribution in [3.05, 3.63) is 79.2 Å². The van der Waals surface area contributed by atoms with Crippen LogP contribution in [-0.4, -0.2) is 24.1 Å². The lowest BCUT2D eigenvalue weighted by molar-refractivity contribution is 0.0196. The fourth-order valence-electron chi connectivity index (χ4n) is 3.15. The Morgan fingerprint density at radius 1 is 0.800 bits per heavy atom. The first-order valence-electron chi connectivity index (χ1n) is 8.64. The SMILES string of the molecule is CCOC1(P(c2ccccc2)C2(OCC)C=CC=CN2)C=CC=CN1. The zero-order valence-electron chi connectivity index (χ0n) is 14.7. The van der Waals surface area contributed by atoms with E-state index in [1.54, 1.807) is 0 Å². The van der Waals surface area contributed by atoms with Gasteiger partial charge in [0.15, 0.2) is 10.9 Å². The van der Waals surface area contributed by atoms with Crippen LogP contribution in [0.5, 0.6) is 0 Å². The maximum absolute atomic E-state index is 6.31. The molecule has 0 radical (unpaired) electrons. The zero-order valence-corrected chi connectivity index (χ0v) is 15.6. The maximum Gasteiger partial charge on any atom is 0.185 e. The largest absolute Gasteiger partial charge is 0.357 e. The van der Waals surface area contributed by atoms with Gasteiger partial charge < -0.3 is 20.1 Å². The number of ether oxygens (including phenoxy) is 2. The molecule has 0 amide bonds. The van der Waals surface area contributed by atoms with E-state index in [4.69, 9.17) is 9.47 Å². The van der Waals surface area contributed by atoms with Gasteiger partial charge in [0.2, 0.25) is 0 Å². The van der Waals surface area contributed by atoms with Crippen LogP contribution in [0.15, 0.2) is 79.2 Å². The second kappa shape index (κ2) is 8.01. The normalized spacial score (nSPS) is 28.4. The lowest BCUT2D eigenvalue weighted by Crippen LogP contribution is -2.55. The second-order valence-electron chi connectivity index (χ2n) is 5.66. The van der Waals surface area contributed by atoms with E-state index in [9.17, 15) is 0 Å². The van der Waals surface area contributed by atoms with E-state index in [1.807, 2.05) is 56.6 Å². The zero-order chi connectivity index (χ0) is 17.6. The highest BCUT2D eigenvalue weighted by atomic mass is 31.1. The molecule has 0 bridgehead atoms. The predicted octanol–water partition coefficient (Wildman–Crippen LogP) is 3.52. The van der Waals surface area contributed by atoms with Gasteiger partial charge in [0.05, 0.1) is 0 Å². The third kappa shape index (κ3) is 3.57. The van der Waals surface area contributed by atoms with Gasteiger partial charge in [0.25, 0.3) is 0 Å². The minimum atomic E-state index is -1.02. The van der Waals surface area contributed by atoms with Crippen LogP contribution in [0.3, 0.4) is 0 Å². The Hall–Kier alpha value is -1.87. The molecule has 2 aliphatic rings. The van der Waals surface area contributed by atoms with Gasteiger partial charge in [-0.1, -0.05) is 42.5 Å². The molecule has 0 fully saturated rings. The standard InChI is InChI=1S/C20H25N2O2P/c1-3-23-19(14-8-10-16-21-19)25(18-12-6-5-7-13-18)20(24-4-2)15-9-11-17-22-20/h5-17,21-22H,3-4H2,1-2H3. The van der Waals surface area contributed by atoms with Crippen LogP contribution in [-0.2, 0) is 9.47 Å². The summed E-state index contributed by atoms with van der Waals surface area (Å²) in [6, 6.07) is 10.5. The average Bonchev–Trinajstić information content (AvgIpc) is 2.65. The molecule has 132 valence electrons. The molecule has 25 heavy (non-hydrogen) atoms. The summed E-state index contributed by atoms with van der Waals surface area (Å²) in [5.74, 6) is 0. The topological polar surface area (TPSA) is 42.5 Å². The van der Waals surface area contributed by atoms with Crippen molar-refractivity contribution in [2.45, 2.75) is 24.8 Å². The molecule has 2 N–H and O–H groups in total. The molecular weight excluding hydrogens is 331 g/mol. The van der Waals surface area contributed by atoms with Gasteiger partial charge in [0.1, 0.15) is 0 Å². The van der Waals surface area contributed by atoms with Crippen molar-refractivity contribution in [1.82, 2.24) is 10.6 Å². The maximum atomic E-state index is 6.31. The van der Waals surface area contributed by atoms with Gasteiger partial charge in [-0.15, -0.1) is 0 Å². The molecule has 0 aromatic heterocycles. The number of nitrogens with one attached hydrogen (secondary N) is 2. The molecule has 5 heteroatoms. The first kappa shape index (κ1) is 17.9. The van der Waals surface area contributed by atoms with Crippen molar-refractivity contribution in [2.24, 2.45) is 0 Å². The molecule has 2 atom stereocenters. The summed E-state index contributed by atoms with van der Waals surface area (Å²) in [6.45, 7) is 5.23. The Labute approximate surface area is 151 Å². The van der Waals surface area contributed by atoms with Gasteiger partial charge in [-0.2, -0.15) is 0 Å². The molecule has 0 saturated carbocycles. The predicted molar refractivity (Wildman–Crippen MR) is 105 cm³/mol. The third-order valence-corrected chi connectivity index (χ3v) is 7.00. The lowest BCUT2D eigenvalue weighted by atomic mass is 10.3. The number of hydrogen-bond acceptors (Lipinski definition) is 4. The minimum absolute atomic E-state index is 0.596. The highest BCUT2D eigenvalue weighted by molar-refractivity contribution is 7.68. The lowest BCUT2D eigenvalue weighted by Gasteiger charge is -2.49. The van der Waals surface area contributed by atoms with E-state index in [1.165, 1.54) is 5.30 Å². The Morgan fingerprint density at radius 2 is 1.32 bits per heavy atom. The average molecular weight is 356 g/mol. The monoisotopic (exact) mass is 356 g/mol. The molecule has 3 rings (SSSR count). The summed E-state index contributed by atoms with van der Waals surface area (Å²) in [4.78, 5) is 0. The molecule has 4 nitrogen and oxygen atoms in total. The van der Waals surface area contributed by atoms with Crippen LogP contribution >= 0.6 is 7.92 Å². The van der Waals surface area contributed by atoms with E-state index in [2.05, 4.69) is 47.1 Å². The van der Waals surface area contributed by atoms with E-state index >= 15 is 0 Å². The highest BCUT2D eigenvalue weighted by Gasteiger charge is 2.51. The Bertz CT molecular complexity index is 646. The van der Waals surface area contributed by atoms with Crippen molar-refractivity contribution in [2.75, 3.05) is 13.2 Å². The minimum Gasteiger partial charge on any atom is -0.357 e. The van der Waals surface area contributed by atoms with Crippen LogP contribution in [0.1, 0.15) is 13.8 Å². The van der Waals surface area contributed by atoms with Crippen molar-refractivity contribution >= 4 is 13.2 Å². The van der Waals surface area contributed by atoms with Crippen LogP contribution in [0.4, 0.5) is 0 Å². The fourth-order valence-corrected chi connectivity index (χ4v) is 6.27. The fraction of sp³-hybridized carbons (Fsp3) is 0.300. The first-order chi connectivity index (χ1) is 12.3. The molecule has 2 unspecified atom stereocenters. The smallest absolute Gasteiger partial charge is 0.185 e. The van der Waals surface area contributed by atoms with E-state index in [0.29, 0.717) is 13.2 Å². The number of rotatable bonds is 7. The molecule has 2 aliphatic heterocycles. The Balaban J connectivity index is 2.15. The van der Waals surface area contributed by atoms with Crippen molar-refractivity contribution in [3.8, 4) is 0 Å². The molecule has 1 aromatic carbocycles. The molecule has 2 heterocycles. The quantitative estimate of drug-likeness (QED) is 0.734. The van der Waals surface area contributed by atoms with Crippen LogP contribution in [0.2, 0.25) is 0 Å². The summed E-state index contributed by atoms with van der Waals surface area (Å²) in [5, 5.41) is 8.14. The Morgan fingerprint density at radius 3 is 1.72 bits per heavy atom. The van der Waals surface area contributed by atoms with Gasteiger partial charge in [-0.25, -0.2) is 0 Å². The third-order valence-electron chi connectivity index (χ3n) is 4.05. The van der Waals surface area contributed by atoms with Gasteiger partial charge in [0, 0.05) is 21.1 Å². The van der Waals surface area contributed by atoms with Gasteiger partial charge in [-0.05, 0) is 55.9 Å². The van der Waals surface area contributed by atoms with Crippen molar-refractivity contribution in [1.29, 1.82) is 0 Å². The van der Waals surface area contributed by atoms with E-state index < -0.39 is 18.9 Å². The summed E-state index contributed by atoms with van der Waals surface area (Å²) in [6.07, 6.45) is 16.1. The van der Waals surface area contributed by atoms with Crippen molar-refractivity contribution in [3.63, 3.8) is 0 Å². The molecular formula is C20H25N2O2P. The number of hydrogen-bond donors (Lipinski definition) is 2. The molecule has 0 aliphatic carbocycles. The second-order valence-corrected chi connectivity index (χ2v) is 8.17. The van der Waals surface area contributed by atoms with Crippen LogP contribution in [0, 0.1) is 0 Å². The van der Waals surface area contributed by atoms with Crippen LogP contribution < -0.4 is 15.9 Å². The van der Waals surface area contributed by atoms with E-state index in [-0.39, 0.29) is 0 Å². The van der Waals surface area contributed by atoms with Gasteiger partial charge in [-0.3, -0.25) is 0 Å². The Kier molecular flexibility index (Phi) is 5.74. The number of benzene rings is 1. The summed E-state index contributed by atoms with van der Waals surface area (Å²) >= 11 is 0. The van der Waals surface area contributed by atoms with Gasteiger partial charge >= 0.3 is 0 Å².